The van der Waals surface area contributed by atoms with E-state index >= 15 is 0 Å². The predicted molar refractivity (Wildman–Crippen MR) is 126 cm³/mol. The number of amides is 2. The van der Waals surface area contributed by atoms with Crippen LogP contribution in [0.15, 0.2) is 24.3 Å². The Morgan fingerprint density at radius 1 is 1.27 bits per heavy atom. The molecular formula is C22H21Cl2F2N3O3S. The Hall–Kier alpha value is -2.20. The lowest BCUT2D eigenvalue weighted by atomic mass is 10.1. The minimum absolute atomic E-state index is 0.0705. The molecule has 1 aliphatic rings. The first-order valence-electron chi connectivity index (χ1n) is 10.3. The van der Waals surface area contributed by atoms with Gasteiger partial charge in [0.15, 0.2) is 16.7 Å². The van der Waals surface area contributed by atoms with Crippen LogP contribution in [0.25, 0.3) is 10.2 Å². The van der Waals surface area contributed by atoms with Gasteiger partial charge in [0, 0.05) is 35.9 Å². The molecular weight excluding hydrogens is 495 g/mol. The molecule has 0 saturated heterocycles. The third kappa shape index (κ3) is 6.03. The molecule has 176 valence electrons. The largest absolute Gasteiger partial charge is 0.483 e. The quantitative estimate of drug-likeness (QED) is 0.249. The van der Waals surface area contributed by atoms with Gasteiger partial charge in [0.05, 0.1) is 21.8 Å². The van der Waals surface area contributed by atoms with E-state index in [4.69, 9.17) is 32.7 Å². The summed E-state index contributed by atoms with van der Waals surface area (Å²) in [6.45, 7) is 3.13. The van der Waals surface area contributed by atoms with E-state index in [1.54, 1.807) is 6.92 Å². The van der Waals surface area contributed by atoms with Crippen molar-refractivity contribution < 1.29 is 23.0 Å². The Balaban J connectivity index is 1.40. The highest BCUT2D eigenvalue weighted by molar-refractivity contribution is 7.22. The van der Waals surface area contributed by atoms with Gasteiger partial charge in [0.2, 0.25) is 0 Å². The topological polar surface area (TPSA) is 72.5 Å². The van der Waals surface area contributed by atoms with Crippen molar-refractivity contribution in [2.75, 3.05) is 25.1 Å². The predicted octanol–water partition coefficient (Wildman–Crippen LogP) is 6.57. The number of carbonyl (C=O) groups is 1. The summed E-state index contributed by atoms with van der Waals surface area (Å²) < 4.78 is 40.2. The fourth-order valence-corrected chi connectivity index (χ4v) is 4.70. The van der Waals surface area contributed by atoms with E-state index in [1.165, 1.54) is 31.0 Å². The molecule has 1 saturated carbocycles. The highest BCUT2D eigenvalue weighted by atomic mass is 35.5. The second-order valence-corrected chi connectivity index (χ2v) is 9.50. The Kier molecular flexibility index (Phi) is 7.53. The number of aromatic nitrogens is 1. The normalized spacial score (nSPS) is 14.3. The Morgan fingerprint density at radius 2 is 2.06 bits per heavy atom. The van der Waals surface area contributed by atoms with Gasteiger partial charge in [-0.3, -0.25) is 5.32 Å². The van der Waals surface area contributed by atoms with Gasteiger partial charge in [-0.25, -0.2) is 18.6 Å². The minimum atomic E-state index is -0.814. The van der Waals surface area contributed by atoms with Gasteiger partial charge in [-0.2, -0.15) is 0 Å². The van der Waals surface area contributed by atoms with E-state index in [9.17, 15) is 13.6 Å². The molecule has 1 aromatic heterocycles. The number of anilines is 1. The Bertz CT molecular complexity index is 1170. The summed E-state index contributed by atoms with van der Waals surface area (Å²) >= 11 is 13.3. The van der Waals surface area contributed by atoms with Crippen LogP contribution in [0.1, 0.15) is 31.4 Å². The molecule has 11 heteroatoms. The molecule has 0 spiro atoms. The number of thiazole rings is 1. The number of hydrogen-bond donors (Lipinski definition) is 2. The van der Waals surface area contributed by atoms with Crippen molar-refractivity contribution in [2.45, 2.75) is 25.9 Å². The van der Waals surface area contributed by atoms with Crippen LogP contribution >= 0.6 is 34.5 Å². The number of ether oxygens (including phenoxy) is 2. The first-order chi connectivity index (χ1) is 15.8. The van der Waals surface area contributed by atoms with Crippen LogP contribution in [0, 0.1) is 17.6 Å². The highest BCUT2D eigenvalue weighted by Crippen LogP contribution is 2.37. The molecule has 0 bridgehead atoms. The Morgan fingerprint density at radius 3 is 2.82 bits per heavy atom. The second-order valence-electron chi connectivity index (χ2n) is 7.69. The van der Waals surface area contributed by atoms with Crippen LogP contribution in [-0.2, 0) is 4.74 Å². The van der Waals surface area contributed by atoms with Crippen molar-refractivity contribution >= 4 is 55.9 Å². The van der Waals surface area contributed by atoms with Crippen molar-refractivity contribution in [3.05, 3.63) is 51.5 Å². The molecule has 1 fully saturated rings. The zero-order valence-electron chi connectivity index (χ0n) is 17.6. The maximum atomic E-state index is 14.6. The number of benzene rings is 2. The third-order valence-corrected chi connectivity index (χ3v) is 6.68. The van der Waals surface area contributed by atoms with Crippen LogP contribution in [-0.4, -0.2) is 30.8 Å². The fourth-order valence-electron chi connectivity index (χ4n) is 3.15. The van der Waals surface area contributed by atoms with Gasteiger partial charge in [-0.05, 0) is 37.8 Å². The molecule has 0 aliphatic heterocycles. The zero-order chi connectivity index (χ0) is 23.5. The number of rotatable bonds is 9. The molecule has 1 heterocycles. The van der Waals surface area contributed by atoms with E-state index in [-0.39, 0.29) is 21.4 Å². The SMILES string of the molecule is CC(Oc1cc2sc(NC(=O)NCCOCC3CC3)nc2cc1F)c1c(Cl)ccc(F)c1Cl. The molecule has 2 N–H and O–H groups in total. The van der Waals surface area contributed by atoms with E-state index in [2.05, 4.69) is 15.6 Å². The average molecular weight is 516 g/mol. The highest BCUT2D eigenvalue weighted by Gasteiger charge is 2.22. The minimum Gasteiger partial charge on any atom is -0.483 e. The number of halogens is 4. The molecule has 1 aliphatic carbocycles. The van der Waals surface area contributed by atoms with Gasteiger partial charge >= 0.3 is 6.03 Å². The summed E-state index contributed by atoms with van der Waals surface area (Å²) in [5.41, 5.74) is 0.588. The molecule has 0 radical (unpaired) electrons. The average Bonchev–Trinajstić information content (AvgIpc) is 3.51. The summed E-state index contributed by atoms with van der Waals surface area (Å²) in [4.78, 5) is 16.3. The first-order valence-corrected chi connectivity index (χ1v) is 11.9. The maximum absolute atomic E-state index is 14.6. The van der Waals surface area contributed by atoms with Gasteiger partial charge in [0.25, 0.3) is 0 Å². The van der Waals surface area contributed by atoms with E-state index in [0.29, 0.717) is 34.4 Å². The lowest BCUT2D eigenvalue weighted by Crippen LogP contribution is -2.31. The van der Waals surface area contributed by atoms with Crippen LogP contribution in [0.4, 0.5) is 18.7 Å². The number of urea groups is 1. The van der Waals surface area contributed by atoms with Crippen molar-refractivity contribution in [1.82, 2.24) is 10.3 Å². The molecule has 2 aromatic carbocycles. The zero-order valence-corrected chi connectivity index (χ0v) is 19.9. The molecule has 6 nitrogen and oxygen atoms in total. The summed E-state index contributed by atoms with van der Waals surface area (Å²) in [6, 6.07) is 4.76. The van der Waals surface area contributed by atoms with E-state index in [1.807, 2.05) is 0 Å². The molecule has 33 heavy (non-hydrogen) atoms. The third-order valence-electron chi connectivity index (χ3n) is 5.03. The van der Waals surface area contributed by atoms with Gasteiger partial charge < -0.3 is 14.8 Å². The smallest absolute Gasteiger partial charge is 0.321 e. The fraction of sp³-hybridized carbons (Fsp3) is 0.364. The van der Waals surface area contributed by atoms with Crippen molar-refractivity contribution in [1.29, 1.82) is 0 Å². The number of fused-ring (bicyclic) bond motifs is 1. The summed E-state index contributed by atoms with van der Waals surface area (Å²) in [6.07, 6.45) is 1.61. The lowest BCUT2D eigenvalue weighted by Gasteiger charge is -2.18. The molecule has 2 amide bonds. The second kappa shape index (κ2) is 10.4. The number of carbonyl (C=O) groups excluding carboxylic acids is 1. The van der Waals surface area contributed by atoms with Crippen molar-refractivity contribution in [3.63, 3.8) is 0 Å². The van der Waals surface area contributed by atoms with E-state index in [0.717, 1.165) is 24.0 Å². The summed E-state index contributed by atoms with van der Waals surface area (Å²) in [5, 5.41) is 5.66. The van der Waals surface area contributed by atoms with E-state index < -0.39 is 23.8 Å². The first kappa shape index (κ1) is 23.9. The van der Waals surface area contributed by atoms with Gasteiger partial charge in [-0.15, -0.1) is 0 Å². The van der Waals surface area contributed by atoms with Crippen LogP contribution in [0.5, 0.6) is 5.75 Å². The van der Waals surface area contributed by atoms with Crippen LogP contribution in [0.3, 0.4) is 0 Å². The lowest BCUT2D eigenvalue weighted by molar-refractivity contribution is 0.127. The Labute approximate surface area is 203 Å². The summed E-state index contributed by atoms with van der Waals surface area (Å²) in [5.74, 6) is -0.707. The van der Waals surface area contributed by atoms with Gasteiger partial charge in [0.1, 0.15) is 11.9 Å². The number of hydrogen-bond acceptors (Lipinski definition) is 5. The molecule has 3 aromatic rings. The number of nitrogens with zero attached hydrogens (tertiary/aromatic N) is 1. The molecule has 1 atom stereocenters. The van der Waals surface area contributed by atoms with Crippen LogP contribution in [0.2, 0.25) is 10.0 Å². The van der Waals surface area contributed by atoms with Gasteiger partial charge in [-0.1, -0.05) is 34.5 Å². The van der Waals surface area contributed by atoms with Crippen molar-refractivity contribution in [2.24, 2.45) is 5.92 Å². The molecule has 1 unspecified atom stereocenters. The standard InChI is InChI=1S/C22H21Cl2F2N3O3S/c1-11(19-13(23)4-5-14(25)20(19)24)32-17-9-18-16(8-15(17)26)28-22(33-18)29-21(30)27-6-7-31-10-12-2-3-12/h4-5,8-9,11-12H,2-3,6-7,10H2,1H3,(H2,27,28,29,30). The number of nitrogens with one attached hydrogen (secondary N) is 2. The van der Waals surface area contributed by atoms with Crippen molar-refractivity contribution in [3.8, 4) is 5.75 Å². The van der Waals surface area contributed by atoms with Crippen LogP contribution < -0.4 is 15.4 Å². The summed E-state index contributed by atoms with van der Waals surface area (Å²) in [7, 11) is 0. The maximum Gasteiger partial charge on any atom is 0.321 e. The molecule has 4 rings (SSSR count). The monoisotopic (exact) mass is 515 g/mol.